The number of ketones is 1. The third-order valence-electron chi connectivity index (χ3n) is 22.2. The van der Waals surface area contributed by atoms with Gasteiger partial charge in [0.25, 0.3) is 35.4 Å². The van der Waals surface area contributed by atoms with E-state index in [4.69, 9.17) is 44.6 Å². The SMILES string of the molecule is C.COc1cc(C(=O)NCCCCNC(=O)COc2cccc3c2C(=O)N(C2CCC(=O)NC2=O)C3=O)ccc1Nc1ccc2c(n1)N(C1CCCC1)[C@H](C)C(=O)N2C.COc1cc(C(=O)O)ccc1Nc1ccc2c(n1)N(C1CCCC1)[C@H](C)C(=O)N2C.NCCCCCC(=O)COc1cccc2c1C(=O)N(C1CCC(=O)NC1=O)C2=O.O=C(O)C(F)(F)F. The predicted molar refractivity (Wildman–Crippen MR) is 448 cm³/mol. The number of pyridine rings is 2. The number of anilines is 8. The Morgan fingerprint density at radius 2 is 0.968 bits per heavy atom. The average molecular weight is 1740 g/mol. The van der Waals surface area contributed by atoms with E-state index in [2.05, 4.69) is 41.7 Å². The molecule has 4 aromatic carbocycles. The molecule has 2 saturated carbocycles. The quantitative estimate of drug-likeness (QED) is 0.0164. The Labute approximate surface area is 716 Å². The van der Waals surface area contributed by atoms with E-state index in [0.29, 0.717) is 91.4 Å². The van der Waals surface area contributed by atoms with Gasteiger partial charge in [0, 0.05) is 64.1 Å². The number of aromatic nitrogens is 2. The van der Waals surface area contributed by atoms with Gasteiger partial charge < -0.3 is 75.8 Å². The van der Waals surface area contributed by atoms with E-state index in [-0.39, 0.29) is 121 Å². The van der Waals surface area contributed by atoms with Crippen molar-refractivity contribution in [2.24, 2.45) is 5.73 Å². The molecule has 14 rings (SSSR count). The first kappa shape index (κ1) is 93.6. The Bertz CT molecular complexity index is 5170. The van der Waals surface area contributed by atoms with Crippen molar-refractivity contribution in [3.05, 3.63) is 130 Å². The zero-order valence-corrected chi connectivity index (χ0v) is 68.9. The van der Waals surface area contributed by atoms with Gasteiger partial charge in [-0.2, -0.15) is 13.2 Å². The number of benzene rings is 4. The van der Waals surface area contributed by atoms with Gasteiger partial charge in [-0.15, -0.1) is 0 Å². The molecule has 6 aromatic rings. The highest BCUT2D eigenvalue weighted by Gasteiger charge is 2.49. The number of aromatic carboxylic acids is 1. The second-order valence-corrected chi connectivity index (χ2v) is 30.4. The smallest absolute Gasteiger partial charge is 0.490 e. The van der Waals surface area contributed by atoms with Crippen molar-refractivity contribution >= 4 is 135 Å². The van der Waals surface area contributed by atoms with Crippen molar-refractivity contribution in [3.8, 4) is 23.0 Å². The molecule has 0 radical (unpaired) electrons. The maximum Gasteiger partial charge on any atom is 0.490 e. The lowest BCUT2D eigenvalue weighted by atomic mass is 10.0. The number of nitrogens with zero attached hydrogens (tertiary/aromatic N) is 8. The van der Waals surface area contributed by atoms with E-state index in [9.17, 15) is 85.4 Å². The van der Waals surface area contributed by atoms with E-state index < -0.39 is 90.0 Å². The zero-order valence-electron chi connectivity index (χ0n) is 68.9. The number of imide groups is 4. The van der Waals surface area contributed by atoms with Gasteiger partial charge in [-0.25, -0.2) is 19.6 Å². The van der Waals surface area contributed by atoms with Crippen LogP contribution in [0.3, 0.4) is 0 Å². The number of aliphatic carboxylic acids is 1. The van der Waals surface area contributed by atoms with Crippen LogP contribution in [0.5, 0.6) is 23.0 Å². The van der Waals surface area contributed by atoms with Crippen LogP contribution in [0.1, 0.15) is 199 Å². The molecular weight excluding hydrogens is 1640 g/mol. The number of nitrogens with two attached hydrogens (primary N) is 1. The summed E-state index contributed by atoms with van der Waals surface area (Å²) in [5, 5.41) is 32.8. The molecule has 8 aliphatic rings. The number of carbonyl (C=O) groups excluding carboxylic acids is 13. The number of ether oxygens (including phenoxy) is 4. The lowest BCUT2D eigenvalue weighted by Crippen LogP contribution is -2.54. The van der Waals surface area contributed by atoms with Crippen LogP contribution in [0.25, 0.3) is 0 Å². The topological polar surface area (TPSA) is 477 Å². The van der Waals surface area contributed by atoms with Crippen molar-refractivity contribution < 1.29 is 114 Å². The van der Waals surface area contributed by atoms with Gasteiger partial charge in [-0.1, -0.05) is 51.7 Å². The summed E-state index contributed by atoms with van der Waals surface area (Å²) >= 11 is 0. The number of carboxylic acid groups (broad SMARTS) is 2. The molecule has 2 unspecified atom stereocenters. The maximum absolute atomic E-state index is 13.2. The number of hydrogen-bond acceptors (Lipinski definition) is 26. The fourth-order valence-electron chi connectivity index (χ4n) is 15.9. The van der Waals surface area contributed by atoms with Crippen LogP contribution >= 0.6 is 0 Å². The number of Topliss-reactive ketones (excluding diaryl/α,β-unsaturated/α-hetero) is 1. The van der Waals surface area contributed by atoms with Crippen LogP contribution in [0, 0.1) is 0 Å². The van der Waals surface area contributed by atoms with E-state index in [0.717, 1.165) is 97.0 Å². The van der Waals surface area contributed by atoms with Gasteiger partial charge in [0.05, 0.1) is 64.8 Å². The summed E-state index contributed by atoms with van der Waals surface area (Å²) in [7, 11) is 6.58. The molecule has 0 spiro atoms. The van der Waals surface area contributed by atoms with Crippen LogP contribution in [-0.2, 0) is 43.2 Å². The van der Waals surface area contributed by atoms with E-state index >= 15 is 0 Å². The van der Waals surface area contributed by atoms with Gasteiger partial charge >= 0.3 is 18.1 Å². The molecule has 12 amide bonds. The molecule has 4 atom stereocenters. The first-order chi connectivity index (χ1) is 59.2. The summed E-state index contributed by atoms with van der Waals surface area (Å²) in [6.07, 6.45) is 7.73. The largest absolute Gasteiger partial charge is 0.495 e. The summed E-state index contributed by atoms with van der Waals surface area (Å²) < 4.78 is 53.9. The number of piperidine rings is 2. The summed E-state index contributed by atoms with van der Waals surface area (Å²) in [5.74, 6) is -5.68. The maximum atomic E-state index is 13.2. The summed E-state index contributed by atoms with van der Waals surface area (Å²) in [6, 6.07) is 24.0. The number of hydrogen-bond donors (Lipinski definition) is 9. The number of carboxylic acids is 2. The normalized spacial score (nSPS) is 18.4. The molecule has 125 heavy (non-hydrogen) atoms. The lowest BCUT2D eigenvalue weighted by molar-refractivity contribution is -0.192. The average Bonchev–Trinajstić information content (AvgIpc) is 1.75. The minimum absolute atomic E-state index is 0. The molecule has 0 bridgehead atoms. The number of halogens is 3. The van der Waals surface area contributed by atoms with Crippen LogP contribution < -0.4 is 76.2 Å². The second kappa shape index (κ2) is 41.5. The molecule has 666 valence electrons. The van der Waals surface area contributed by atoms with Gasteiger partial charge in [-0.3, -0.25) is 82.8 Å². The first-order valence-electron chi connectivity index (χ1n) is 40.5. The summed E-state index contributed by atoms with van der Waals surface area (Å²) in [4.78, 5) is 202. The number of nitrogens with one attached hydrogen (secondary N) is 6. The molecular formula is C86H100F3N15O21. The van der Waals surface area contributed by atoms with E-state index in [1.165, 1.54) is 56.7 Å². The van der Waals surface area contributed by atoms with Crippen LogP contribution in [-0.4, -0.2) is 222 Å². The van der Waals surface area contributed by atoms with Crippen molar-refractivity contribution in [1.29, 1.82) is 0 Å². The summed E-state index contributed by atoms with van der Waals surface area (Å²) in [5.41, 5.74) is 8.95. The van der Waals surface area contributed by atoms with Crippen LogP contribution in [0.4, 0.5) is 59.2 Å². The predicted octanol–water partition coefficient (Wildman–Crippen LogP) is 8.52. The third kappa shape index (κ3) is 21.5. The fraction of sp³-hybridized carbons (Fsp3) is 0.430. The monoisotopic (exact) mass is 1740 g/mol. The third-order valence-corrected chi connectivity index (χ3v) is 22.2. The van der Waals surface area contributed by atoms with E-state index in [1.54, 1.807) is 54.2 Å². The van der Waals surface area contributed by atoms with Crippen molar-refractivity contribution in [2.75, 3.05) is 91.4 Å². The highest BCUT2D eigenvalue weighted by molar-refractivity contribution is 6.26. The van der Waals surface area contributed by atoms with E-state index in [1.807, 2.05) is 38.1 Å². The molecule has 2 saturated heterocycles. The molecule has 2 aliphatic carbocycles. The van der Waals surface area contributed by atoms with Gasteiger partial charge in [0.2, 0.25) is 35.4 Å². The number of unbranched alkanes of at least 4 members (excludes halogenated alkanes) is 3. The molecule has 4 fully saturated rings. The van der Waals surface area contributed by atoms with Crippen molar-refractivity contribution in [2.45, 2.75) is 179 Å². The van der Waals surface area contributed by atoms with Crippen molar-refractivity contribution in [1.82, 2.24) is 41.0 Å². The fourth-order valence-corrected chi connectivity index (χ4v) is 15.9. The number of rotatable bonds is 28. The van der Waals surface area contributed by atoms with Crippen LogP contribution in [0.2, 0.25) is 0 Å². The van der Waals surface area contributed by atoms with Crippen LogP contribution in [0.15, 0.2) is 97.1 Å². The second-order valence-electron chi connectivity index (χ2n) is 30.4. The Hall–Kier alpha value is -13.6. The Morgan fingerprint density at radius 3 is 1.39 bits per heavy atom. The number of methoxy groups -OCH3 is 2. The molecule has 10 N–H and O–H groups in total. The number of carbonyl (C=O) groups is 15. The minimum atomic E-state index is -5.08. The Morgan fingerprint density at radius 1 is 0.536 bits per heavy atom. The van der Waals surface area contributed by atoms with Gasteiger partial charge in [0.1, 0.15) is 65.4 Å². The first-order valence-corrected chi connectivity index (χ1v) is 40.5. The molecule has 36 nitrogen and oxygen atoms in total. The molecule has 2 aromatic heterocycles. The lowest BCUT2D eigenvalue weighted by Gasteiger charge is -2.42. The number of likely N-dealkylation sites (N-methyl/N-ethyl adjacent to an activating group) is 2. The number of amides is 12. The molecule has 6 aliphatic heterocycles. The molecule has 39 heteroatoms. The van der Waals surface area contributed by atoms with Gasteiger partial charge in [-0.05, 0) is 170 Å². The standard InChI is InChI=1S/C41H46N8O9.C22H26N4O4.C20H23N3O6.C2HF3O2.CH4/c1-23-39(54)47(2)28-15-17-32(45-36(28)48(23)25-9-4-5-10-25)44-27-14-13-24(21-31(27)57-3)37(52)43-20-7-6-19-42-34(51)22-58-30-12-8-11-26-35(30)41(56)49(40(26)55)29-16-18-33(50)46-38(29)53;1-13-21(27)25(2)17-10-11-19(24-20(17)26(13)15-6-4-5-7-15)23-16-9-8-14(22(28)29)12-18(16)30-3;21-10-3-1-2-5-12(24)11-29-15-7-4-6-13-17(15)20(28)23(19(13)27)14-8-9-16(25)22-18(14)26;3-2(4,5)1(6)7;/h8,11-15,17,21,23,25,29H,4-7,9-10,16,18-20,22H2,1-3H3,(H,42,51)(H,43,52)(H,44,45)(H,46,50,53);8-13,15H,4-7H2,1-3H3,(H,23,24)(H,28,29);4,6-7,14H,1-3,5,8-11,21H2,(H,22,25,26);(H,6,7);1H4/t23-,29?;13-;;;/m11.../s1. The van der Waals surface area contributed by atoms with Crippen molar-refractivity contribution in [3.63, 3.8) is 0 Å². The highest BCUT2D eigenvalue weighted by atomic mass is 19.4. The number of alkyl halides is 3. The Balaban J connectivity index is 0.000000204. The summed E-state index contributed by atoms with van der Waals surface area (Å²) in [6.45, 7) is 4.49. The molecule has 8 heterocycles. The Kier molecular flexibility index (Phi) is 31.1. The minimum Gasteiger partial charge on any atom is -0.495 e. The number of fused-ring (bicyclic) bond motifs is 4. The van der Waals surface area contributed by atoms with Gasteiger partial charge in [0.15, 0.2) is 24.0 Å². The zero-order chi connectivity index (χ0) is 89.5. The highest BCUT2D eigenvalue weighted by Crippen LogP contribution is 2.44.